The number of aromatic amines is 1. The Labute approximate surface area is 74.8 Å². The standard InChI is InChI=1S/C8H10N2O3/c1-5-9-6(3-7(11)10-5)4-8(12)13-2/h3H,4H2,1-2H3,(H,9,10,11). The van der Waals surface area contributed by atoms with Gasteiger partial charge in [0.25, 0.3) is 5.56 Å². The van der Waals surface area contributed by atoms with Gasteiger partial charge in [-0.25, -0.2) is 0 Å². The minimum Gasteiger partial charge on any atom is -0.469 e. The Morgan fingerprint density at radius 1 is 1.69 bits per heavy atom. The van der Waals surface area contributed by atoms with Crippen LogP contribution in [0.2, 0.25) is 0 Å². The zero-order valence-corrected chi connectivity index (χ0v) is 7.46. The van der Waals surface area contributed by atoms with Crippen molar-refractivity contribution in [3.05, 3.63) is 27.9 Å². The van der Waals surface area contributed by atoms with Crippen LogP contribution < -0.4 is 5.56 Å². The lowest BCUT2D eigenvalue weighted by Gasteiger charge is -2.00. The van der Waals surface area contributed by atoms with E-state index in [1.165, 1.54) is 13.2 Å². The number of esters is 1. The molecule has 5 nitrogen and oxygen atoms in total. The molecule has 5 heteroatoms. The van der Waals surface area contributed by atoms with Crippen LogP contribution >= 0.6 is 0 Å². The molecule has 0 aliphatic heterocycles. The number of nitrogens with one attached hydrogen (secondary N) is 1. The van der Waals surface area contributed by atoms with Crippen LogP contribution in [0.1, 0.15) is 11.5 Å². The van der Waals surface area contributed by atoms with Crippen molar-refractivity contribution in [1.82, 2.24) is 9.97 Å². The third-order valence-corrected chi connectivity index (χ3v) is 1.48. The minimum absolute atomic E-state index is 0.0646. The van der Waals surface area contributed by atoms with Crippen LogP contribution in [0, 0.1) is 6.92 Å². The van der Waals surface area contributed by atoms with Gasteiger partial charge in [-0.1, -0.05) is 0 Å². The van der Waals surface area contributed by atoms with E-state index in [1.54, 1.807) is 6.92 Å². The minimum atomic E-state index is -0.388. The number of aryl methyl sites for hydroxylation is 1. The molecule has 0 spiro atoms. The molecule has 0 aliphatic rings. The highest BCUT2D eigenvalue weighted by atomic mass is 16.5. The summed E-state index contributed by atoms with van der Waals surface area (Å²) < 4.78 is 4.45. The molecule has 0 radical (unpaired) electrons. The lowest BCUT2D eigenvalue weighted by molar-refractivity contribution is -0.139. The van der Waals surface area contributed by atoms with Crippen molar-refractivity contribution in [2.24, 2.45) is 0 Å². The summed E-state index contributed by atoms with van der Waals surface area (Å²) in [5, 5.41) is 0. The molecule has 13 heavy (non-hydrogen) atoms. The molecule has 0 unspecified atom stereocenters. The fourth-order valence-corrected chi connectivity index (χ4v) is 0.966. The molecule has 1 N–H and O–H groups in total. The summed E-state index contributed by atoms with van der Waals surface area (Å²) in [5.74, 6) is 0.104. The van der Waals surface area contributed by atoms with Gasteiger partial charge >= 0.3 is 5.97 Å². The van der Waals surface area contributed by atoms with Crippen molar-refractivity contribution in [2.75, 3.05) is 7.11 Å². The van der Waals surface area contributed by atoms with Gasteiger partial charge in [0.15, 0.2) is 0 Å². The fourth-order valence-electron chi connectivity index (χ4n) is 0.966. The molecule has 0 bridgehead atoms. The number of nitrogens with zero attached hydrogens (tertiary/aromatic N) is 1. The summed E-state index contributed by atoms with van der Waals surface area (Å²) in [5.41, 5.74) is 0.166. The number of hydrogen-bond acceptors (Lipinski definition) is 4. The van der Waals surface area contributed by atoms with Gasteiger partial charge in [-0.15, -0.1) is 0 Å². The Bertz CT molecular complexity index is 370. The zero-order valence-electron chi connectivity index (χ0n) is 7.46. The third-order valence-electron chi connectivity index (χ3n) is 1.48. The van der Waals surface area contributed by atoms with E-state index in [9.17, 15) is 9.59 Å². The first-order chi connectivity index (χ1) is 6.11. The summed E-state index contributed by atoms with van der Waals surface area (Å²) in [4.78, 5) is 28.1. The second-order valence-corrected chi connectivity index (χ2v) is 2.58. The molecule has 1 aromatic heterocycles. The van der Waals surface area contributed by atoms with E-state index in [2.05, 4.69) is 14.7 Å². The summed E-state index contributed by atoms with van der Waals surface area (Å²) >= 11 is 0. The van der Waals surface area contributed by atoms with Crippen LogP contribution in [0.15, 0.2) is 10.9 Å². The lowest BCUT2D eigenvalue weighted by atomic mass is 10.3. The Hall–Kier alpha value is -1.65. The maximum atomic E-state index is 10.9. The van der Waals surface area contributed by atoms with Crippen LogP contribution in [0.4, 0.5) is 0 Å². The van der Waals surface area contributed by atoms with E-state index in [-0.39, 0.29) is 17.9 Å². The highest BCUT2D eigenvalue weighted by Crippen LogP contribution is 1.93. The summed E-state index contributed by atoms with van der Waals surface area (Å²) in [6.07, 6.45) is 0.0646. The molecule has 0 aliphatic carbocycles. The molecule has 0 aromatic carbocycles. The van der Waals surface area contributed by atoms with Crippen LogP contribution in [0.3, 0.4) is 0 Å². The van der Waals surface area contributed by atoms with E-state index in [4.69, 9.17) is 0 Å². The largest absolute Gasteiger partial charge is 0.469 e. The van der Waals surface area contributed by atoms with Gasteiger partial charge in [0.05, 0.1) is 13.5 Å². The van der Waals surface area contributed by atoms with Crippen molar-refractivity contribution < 1.29 is 9.53 Å². The second-order valence-electron chi connectivity index (χ2n) is 2.58. The topological polar surface area (TPSA) is 72.1 Å². The van der Waals surface area contributed by atoms with Gasteiger partial charge in [0, 0.05) is 11.8 Å². The Morgan fingerprint density at radius 3 is 2.92 bits per heavy atom. The predicted octanol–water partition coefficient (Wildman–Crippen LogP) is -0.206. The first-order valence-corrected chi connectivity index (χ1v) is 3.75. The second kappa shape index (κ2) is 3.84. The number of H-pyrrole nitrogens is 1. The molecule has 0 amide bonds. The number of carbonyl (C=O) groups excluding carboxylic acids is 1. The smallest absolute Gasteiger partial charge is 0.311 e. The lowest BCUT2D eigenvalue weighted by Crippen LogP contribution is -2.14. The van der Waals surface area contributed by atoms with Crippen molar-refractivity contribution in [2.45, 2.75) is 13.3 Å². The van der Waals surface area contributed by atoms with Gasteiger partial charge in [-0.3, -0.25) is 9.59 Å². The van der Waals surface area contributed by atoms with Crippen LogP contribution in [0.25, 0.3) is 0 Å². The highest BCUT2D eigenvalue weighted by Gasteiger charge is 2.04. The van der Waals surface area contributed by atoms with Crippen molar-refractivity contribution in [1.29, 1.82) is 0 Å². The van der Waals surface area contributed by atoms with Gasteiger partial charge in [-0.2, -0.15) is 4.98 Å². The average Bonchev–Trinajstić information content (AvgIpc) is 2.02. The first kappa shape index (κ1) is 9.44. The van der Waals surface area contributed by atoms with E-state index in [1.807, 2.05) is 0 Å². The van der Waals surface area contributed by atoms with Crippen LogP contribution in [-0.4, -0.2) is 23.0 Å². The van der Waals surface area contributed by atoms with E-state index in [0.717, 1.165) is 0 Å². The molecular weight excluding hydrogens is 172 g/mol. The molecule has 1 aromatic rings. The molecule has 0 atom stereocenters. The zero-order chi connectivity index (χ0) is 9.84. The fraction of sp³-hybridized carbons (Fsp3) is 0.375. The van der Waals surface area contributed by atoms with E-state index >= 15 is 0 Å². The quantitative estimate of drug-likeness (QED) is 0.642. The SMILES string of the molecule is COC(=O)Cc1cc(=O)nc(C)[nH]1. The first-order valence-electron chi connectivity index (χ1n) is 3.75. The van der Waals surface area contributed by atoms with Crippen molar-refractivity contribution in [3.63, 3.8) is 0 Å². The molecule has 70 valence electrons. The van der Waals surface area contributed by atoms with Crippen molar-refractivity contribution in [3.8, 4) is 0 Å². The molecule has 1 rings (SSSR count). The predicted molar refractivity (Wildman–Crippen MR) is 45.3 cm³/mol. The number of aromatic nitrogens is 2. The van der Waals surface area contributed by atoms with Gasteiger partial charge in [0.2, 0.25) is 0 Å². The Balaban J connectivity index is 2.89. The molecule has 0 saturated carbocycles. The van der Waals surface area contributed by atoms with Gasteiger partial charge in [-0.05, 0) is 6.92 Å². The third kappa shape index (κ3) is 2.70. The normalized spacial score (nSPS) is 9.69. The molecule has 1 heterocycles. The maximum absolute atomic E-state index is 10.9. The summed E-state index contributed by atoms with van der Waals surface area (Å²) in [7, 11) is 1.30. The van der Waals surface area contributed by atoms with Crippen LogP contribution in [-0.2, 0) is 16.0 Å². The monoisotopic (exact) mass is 182 g/mol. The number of carbonyl (C=O) groups is 1. The van der Waals surface area contributed by atoms with Gasteiger partial charge in [0.1, 0.15) is 5.82 Å². The summed E-state index contributed by atoms with van der Waals surface area (Å²) in [6.45, 7) is 1.65. The van der Waals surface area contributed by atoms with E-state index in [0.29, 0.717) is 11.5 Å². The van der Waals surface area contributed by atoms with E-state index < -0.39 is 0 Å². The number of hydrogen-bond donors (Lipinski definition) is 1. The average molecular weight is 182 g/mol. The Kier molecular flexibility index (Phi) is 2.79. The molecule has 0 saturated heterocycles. The Morgan fingerprint density at radius 2 is 2.38 bits per heavy atom. The van der Waals surface area contributed by atoms with Gasteiger partial charge < -0.3 is 9.72 Å². The van der Waals surface area contributed by atoms with Crippen molar-refractivity contribution >= 4 is 5.97 Å². The summed E-state index contributed by atoms with van der Waals surface area (Å²) in [6, 6.07) is 1.28. The molecular formula is C8H10N2O3. The maximum Gasteiger partial charge on any atom is 0.311 e. The van der Waals surface area contributed by atoms with Crippen LogP contribution in [0.5, 0.6) is 0 Å². The number of rotatable bonds is 2. The number of ether oxygens (including phenoxy) is 1. The molecule has 0 fully saturated rings. The highest BCUT2D eigenvalue weighted by molar-refractivity contribution is 5.71. The number of methoxy groups -OCH3 is 1.